The minimum absolute atomic E-state index is 0.173. The predicted molar refractivity (Wildman–Crippen MR) is 118 cm³/mol. The second-order valence-electron chi connectivity index (χ2n) is 8.60. The third kappa shape index (κ3) is 4.25. The average molecular weight is 483 g/mol. The summed E-state index contributed by atoms with van der Waals surface area (Å²) < 4.78 is 37.3. The molecule has 180 valence electrons. The molecule has 0 spiro atoms. The maximum absolute atomic E-state index is 14.3. The number of hydrogen-bond acceptors (Lipinski definition) is 7. The van der Waals surface area contributed by atoms with E-state index in [-0.39, 0.29) is 18.5 Å². The van der Waals surface area contributed by atoms with Crippen LogP contribution in [0.15, 0.2) is 36.4 Å². The van der Waals surface area contributed by atoms with Crippen molar-refractivity contribution in [3.05, 3.63) is 63.9 Å². The highest BCUT2D eigenvalue weighted by atomic mass is 35.5. The normalized spacial score (nSPS) is 31.2. The Bertz CT molecular complexity index is 1020. The van der Waals surface area contributed by atoms with Crippen LogP contribution in [0.2, 0.25) is 5.02 Å². The zero-order valence-electron chi connectivity index (χ0n) is 18.6. The predicted octanol–water partition coefficient (Wildman–Crippen LogP) is 2.89. The van der Waals surface area contributed by atoms with Crippen LogP contribution in [0.1, 0.15) is 37.5 Å². The Balaban J connectivity index is 1.68. The molecule has 9 heteroatoms. The Hall–Kier alpha value is -1.78. The van der Waals surface area contributed by atoms with E-state index in [2.05, 4.69) is 0 Å². The maximum atomic E-state index is 14.3. The van der Waals surface area contributed by atoms with Crippen molar-refractivity contribution in [1.29, 1.82) is 0 Å². The van der Waals surface area contributed by atoms with Gasteiger partial charge in [-0.2, -0.15) is 0 Å². The molecule has 0 amide bonds. The summed E-state index contributed by atoms with van der Waals surface area (Å²) in [4.78, 5) is 0. The summed E-state index contributed by atoms with van der Waals surface area (Å²) in [5.74, 6) is -3.70. The van der Waals surface area contributed by atoms with E-state index < -0.39 is 35.7 Å². The van der Waals surface area contributed by atoms with Gasteiger partial charge in [0.1, 0.15) is 24.9 Å². The molecule has 0 unspecified atom stereocenters. The molecule has 0 radical (unpaired) electrons. The fourth-order valence-corrected chi connectivity index (χ4v) is 4.57. The zero-order valence-corrected chi connectivity index (χ0v) is 19.4. The molecular weight excluding hydrogens is 455 g/mol. The van der Waals surface area contributed by atoms with E-state index in [1.165, 1.54) is 6.07 Å². The van der Waals surface area contributed by atoms with Crippen LogP contribution in [-0.2, 0) is 26.4 Å². The van der Waals surface area contributed by atoms with Crippen molar-refractivity contribution in [3.8, 4) is 5.75 Å². The minimum Gasteiger partial charge on any atom is -0.491 e. The van der Waals surface area contributed by atoms with Crippen LogP contribution in [0.4, 0.5) is 4.39 Å². The van der Waals surface area contributed by atoms with Gasteiger partial charge in [-0.15, -0.1) is 0 Å². The highest BCUT2D eigenvalue weighted by Crippen LogP contribution is 2.50. The van der Waals surface area contributed by atoms with E-state index in [9.17, 15) is 19.7 Å². The summed E-state index contributed by atoms with van der Waals surface area (Å²) in [5.41, 5.74) is 1.69. The molecule has 3 N–H and O–H groups in total. The van der Waals surface area contributed by atoms with Gasteiger partial charge in [-0.25, -0.2) is 4.39 Å². The smallest absolute Gasteiger partial charge is 0.227 e. The summed E-state index contributed by atoms with van der Waals surface area (Å²) in [6, 6.07) is 9.60. The van der Waals surface area contributed by atoms with Crippen molar-refractivity contribution in [2.24, 2.45) is 0 Å². The Morgan fingerprint density at radius 1 is 1.15 bits per heavy atom. The van der Waals surface area contributed by atoms with E-state index in [1.54, 1.807) is 51.1 Å². The number of fused-ring (bicyclic) bond motifs is 2. The molecule has 2 bridgehead atoms. The molecule has 2 fully saturated rings. The molecule has 4 rings (SSSR count). The van der Waals surface area contributed by atoms with Crippen molar-refractivity contribution >= 4 is 11.6 Å². The quantitative estimate of drug-likeness (QED) is 0.558. The largest absolute Gasteiger partial charge is 0.491 e. The van der Waals surface area contributed by atoms with Gasteiger partial charge in [0.2, 0.25) is 11.6 Å². The number of halogens is 2. The minimum atomic E-state index is -1.77. The van der Waals surface area contributed by atoms with E-state index in [4.69, 9.17) is 30.5 Å². The Morgan fingerprint density at radius 2 is 1.91 bits per heavy atom. The van der Waals surface area contributed by atoms with Gasteiger partial charge in [-0.1, -0.05) is 23.7 Å². The van der Waals surface area contributed by atoms with Crippen LogP contribution < -0.4 is 4.74 Å². The standard InChI is InChI=1S/C24H28ClFO7/c1-4-30-19-8-5-14(10-18(19)26)9-15-11-16(6-7-17(15)25)24-22(29)20(27)21(28)23(33-24,12-31-24)32-13(2)3/h5-8,10-11,13,20-22,27-29H,4,9,12H2,1-3H3/t20-,21-,22+,23-,24-/m0/s1. The van der Waals surface area contributed by atoms with Gasteiger partial charge in [-0.3, -0.25) is 0 Å². The van der Waals surface area contributed by atoms with Crippen molar-refractivity contribution in [1.82, 2.24) is 0 Å². The number of benzene rings is 2. The summed E-state index contributed by atoms with van der Waals surface area (Å²) in [6.07, 6.45) is -4.71. The second kappa shape index (κ2) is 9.11. The number of aliphatic hydroxyl groups excluding tert-OH is 3. The number of hydrogen-bond donors (Lipinski definition) is 3. The first-order valence-electron chi connectivity index (χ1n) is 10.9. The summed E-state index contributed by atoms with van der Waals surface area (Å²) >= 11 is 6.41. The lowest BCUT2D eigenvalue weighted by atomic mass is 9.87. The van der Waals surface area contributed by atoms with Crippen molar-refractivity contribution in [3.63, 3.8) is 0 Å². The molecule has 0 aromatic heterocycles. The highest BCUT2D eigenvalue weighted by Gasteiger charge is 2.68. The molecule has 5 atom stereocenters. The first kappa shape index (κ1) is 24.3. The van der Waals surface area contributed by atoms with Crippen LogP contribution in [0, 0.1) is 5.82 Å². The molecule has 2 saturated heterocycles. The first-order valence-corrected chi connectivity index (χ1v) is 11.3. The fraction of sp³-hybridized carbons (Fsp3) is 0.500. The van der Waals surface area contributed by atoms with Crippen molar-refractivity contribution in [2.75, 3.05) is 13.2 Å². The number of ether oxygens (including phenoxy) is 4. The molecule has 2 aliphatic rings. The van der Waals surface area contributed by atoms with Crippen LogP contribution in [0.3, 0.4) is 0 Å². The lowest BCUT2D eigenvalue weighted by Crippen LogP contribution is -2.65. The molecule has 33 heavy (non-hydrogen) atoms. The van der Waals surface area contributed by atoms with Crippen LogP contribution in [0.25, 0.3) is 0 Å². The maximum Gasteiger partial charge on any atom is 0.227 e. The first-order chi connectivity index (χ1) is 15.6. The summed E-state index contributed by atoms with van der Waals surface area (Å²) in [6.45, 7) is 5.47. The average Bonchev–Trinajstić information content (AvgIpc) is 3.13. The SMILES string of the molecule is CCOc1ccc(Cc2cc([C@]34OC[C@](OC(C)C)(O3)[C@@H](O)[C@H](O)[C@H]4O)ccc2Cl)cc1F. The van der Waals surface area contributed by atoms with E-state index in [1.807, 2.05) is 0 Å². The van der Waals surface area contributed by atoms with Gasteiger partial charge in [0, 0.05) is 10.6 Å². The summed E-state index contributed by atoms with van der Waals surface area (Å²) in [5, 5.41) is 32.4. The van der Waals surface area contributed by atoms with E-state index >= 15 is 0 Å². The zero-order chi connectivity index (χ0) is 24.0. The fourth-order valence-electron chi connectivity index (χ4n) is 4.39. The van der Waals surface area contributed by atoms with E-state index in [0.29, 0.717) is 34.7 Å². The third-order valence-corrected chi connectivity index (χ3v) is 6.24. The summed E-state index contributed by atoms with van der Waals surface area (Å²) in [7, 11) is 0. The number of aliphatic hydroxyl groups is 3. The molecular formula is C24H28ClFO7. The van der Waals surface area contributed by atoms with Gasteiger partial charge in [0.25, 0.3) is 0 Å². The molecule has 2 aromatic rings. The number of rotatable bonds is 7. The lowest BCUT2D eigenvalue weighted by Gasteiger charge is -2.46. The van der Waals surface area contributed by atoms with Gasteiger partial charge in [-0.05, 0) is 62.6 Å². The molecule has 2 heterocycles. The van der Waals surface area contributed by atoms with Gasteiger partial charge in [0.15, 0.2) is 11.6 Å². The van der Waals surface area contributed by atoms with E-state index in [0.717, 1.165) is 0 Å². The Morgan fingerprint density at radius 3 is 2.58 bits per heavy atom. The molecule has 0 aliphatic carbocycles. The second-order valence-corrected chi connectivity index (χ2v) is 9.00. The van der Waals surface area contributed by atoms with Crippen molar-refractivity contribution < 1.29 is 38.7 Å². The highest BCUT2D eigenvalue weighted by molar-refractivity contribution is 6.31. The monoisotopic (exact) mass is 482 g/mol. The van der Waals surface area contributed by atoms with Gasteiger partial charge in [0.05, 0.1) is 12.7 Å². The topological polar surface area (TPSA) is 97.6 Å². The van der Waals surface area contributed by atoms with Crippen LogP contribution >= 0.6 is 11.6 Å². The van der Waals surface area contributed by atoms with Gasteiger partial charge >= 0.3 is 0 Å². The van der Waals surface area contributed by atoms with Crippen molar-refractivity contribution in [2.45, 2.75) is 63.2 Å². The lowest BCUT2D eigenvalue weighted by molar-refractivity contribution is -0.385. The van der Waals surface area contributed by atoms with Crippen LogP contribution in [-0.4, -0.2) is 58.7 Å². The Kier molecular flexibility index (Phi) is 6.72. The Labute approximate surface area is 196 Å². The molecule has 7 nitrogen and oxygen atoms in total. The molecule has 2 aliphatic heterocycles. The molecule has 0 saturated carbocycles. The van der Waals surface area contributed by atoms with Gasteiger partial charge < -0.3 is 34.3 Å². The third-order valence-electron chi connectivity index (χ3n) is 5.87. The molecule has 2 aromatic carbocycles. The van der Waals surface area contributed by atoms with Crippen LogP contribution in [0.5, 0.6) is 5.75 Å².